The quantitative estimate of drug-likeness (QED) is 0.636. The summed E-state index contributed by atoms with van der Waals surface area (Å²) in [6.07, 6.45) is 0.880. The summed E-state index contributed by atoms with van der Waals surface area (Å²) in [4.78, 5) is 20.8. The molecule has 7 nitrogen and oxygen atoms in total. The van der Waals surface area contributed by atoms with E-state index < -0.39 is 22.5 Å². The third-order valence-corrected chi connectivity index (χ3v) is 3.56. The van der Waals surface area contributed by atoms with Crippen LogP contribution in [0.3, 0.4) is 0 Å². The zero-order valence-electron chi connectivity index (χ0n) is 11.9. The van der Waals surface area contributed by atoms with Crippen molar-refractivity contribution < 1.29 is 14.6 Å². The van der Waals surface area contributed by atoms with Gasteiger partial charge in [-0.15, -0.1) is 0 Å². The van der Waals surface area contributed by atoms with Gasteiger partial charge in [0.05, 0.1) is 4.92 Å². The van der Waals surface area contributed by atoms with E-state index in [2.05, 4.69) is 0 Å². The molecule has 0 N–H and O–H groups in total. The van der Waals surface area contributed by atoms with Gasteiger partial charge in [-0.2, -0.15) is 0 Å². The van der Waals surface area contributed by atoms with Crippen LogP contribution in [0, 0.1) is 20.2 Å². The van der Waals surface area contributed by atoms with Gasteiger partial charge in [0, 0.05) is 28.2 Å². The lowest BCUT2D eigenvalue weighted by Crippen LogP contribution is -2.19. The Morgan fingerprint density at radius 2 is 1.78 bits per heavy atom. The molecule has 0 aliphatic carbocycles. The normalized spacial score (nSPS) is 16.0. The highest BCUT2D eigenvalue weighted by atomic mass is 16.6. The highest BCUT2D eigenvalue weighted by Crippen LogP contribution is 2.37. The van der Waals surface area contributed by atoms with Gasteiger partial charge in [-0.25, -0.2) is 0 Å². The number of benzene rings is 2. The van der Waals surface area contributed by atoms with Crippen LogP contribution in [0.1, 0.15) is 22.8 Å². The van der Waals surface area contributed by atoms with Gasteiger partial charge < -0.3 is 4.74 Å². The Bertz CT molecular complexity index is 801. The Hall–Kier alpha value is -3.22. The number of ether oxygens (including phenoxy) is 1. The van der Waals surface area contributed by atoms with Gasteiger partial charge >= 0.3 is 0 Å². The lowest BCUT2D eigenvalue weighted by Gasteiger charge is -2.24. The number of rotatable bonds is 4. The molecule has 0 bridgehead atoms. The van der Waals surface area contributed by atoms with Gasteiger partial charge in [0.15, 0.2) is 6.10 Å². The summed E-state index contributed by atoms with van der Waals surface area (Å²) >= 11 is 0. The number of fused-ring (bicyclic) bond motifs is 1. The fourth-order valence-electron chi connectivity index (χ4n) is 2.50. The van der Waals surface area contributed by atoms with Gasteiger partial charge in [-0.05, 0) is 17.7 Å². The minimum atomic E-state index is -0.861. The van der Waals surface area contributed by atoms with Crippen molar-refractivity contribution in [3.8, 4) is 0 Å². The Morgan fingerprint density at radius 3 is 2.43 bits per heavy atom. The Labute approximate surface area is 131 Å². The average Bonchev–Trinajstić information content (AvgIpc) is 2.54. The molecule has 0 radical (unpaired) electrons. The van der Waals surface area contributed by atoms with E-state index in [0.717, 1.165) is 5.56 Å². The summed E-state index contributed by atoms with van der Waals surface area (Å²) in [7, 11) is 0. The molecular weight excluding hydrogens is 300 g/mol. The number of nitro benzene ring substituents is 1. The van der Waals surface area contributed by atoms with E-state index in [1.165, 1.54) is 12.1 Å². The molecule has 0 aromatic heterocycles. The SMILES string of the molecule is O=[N+]([O-])CC1OC(c2ccccc2)=Cc2ccc([N+](=O)[O-])cc21. The van der Waals surface area contributed by atoms with Crippen molar-refractivity contribution in [1.82, 2.24) is 0 Å². The number of nitrogens with zero attached hydrogens (tertiary/aromatic N) is 2. The second-order valence-electron chi connectivity index (χ2n) is 5.07. The van der Waals surface area contributed by atoms with Gasteiger partial charge in [0.1, 0.15) is 5.76 Å². The largest absolute Gasteiger partial charge is 0.478 e. The first kappa shape index (κ1) is 14.7. The molecule has 0 spiro atoms. The van der Waals surface area contributed by atoms with Crippen LogP contribution in [-0.4, -0.2) is 16.4 Å². The van der Waals surface area contributed by atoms with Crippen molar-refractivity contribution in [2.45, 2.75) is 6.10 Å². The molecule has 1 aliphatic heterocycles. The number of non-ortho nitro benzene ring substituents is 1. The van der Waals surface area contributed by atoms with E-state index in [0.29, 0.717) is 16.9 Å². The molecule has 116 valence electrons. The molecule has 3 rings (SSSR count). The number of nitro groups is 2. The van der Waals surface area contributed by atoms with Crippen LogP contribution >= 0.6 is 0 Å². The zero-order valence-corrected chi connectivity index (χ0v) is 11.9. The summed E-state index contributed by atoms with van der Waals surface area (Å²) in [5.74, 6) is 0.513. The van der Waals surface area contributed by atoms with Gasteiger partial charge in [-0.1, -0.05) is 30.3 Å². The summed E-state index contributed by atoms with van der Waals surface area (Å²) in [5, 5.41) is 21.8. The smallest absolute Gasteiger partial charge is 0.269 e. The van der Waals surface area contributed by atoms with Crippen molar-refractivity contribution in [1.29, 1.82) is 0 Å². The molecule has 0 saturated heterocycles. The predicted molar refractivity (Wildman–Crippen MR) is 83.1 cm³/mol. The second kappa shape index (κ2) is 5.88. The van der Waals surface area contributed by atoms with E-state index in [9.17, 15) is 20.2 Å². The average molecular weight is 312 g/mol. The highest BCUT2D eigenvalue weighted by Gasteiger charge is 2.29. The monoisotopic (exact) mass is 312 g/mol. The predicted octanol–water partition coefficient (Wildman–Crippen LogP) is 3.44. The molecule has 0 fully saturated rings. The lowest BCUT2D eigenvalue weighted by atomic mass is 9.96. The van der Waals surface area contributed by atoms with E-state index in [4.69, 9.17) is 4.74 Å². The molecule has 2 aromatic carbocycles. The third kappa shape index (κ3) is 3.03. The topological polar surface area (TPSA) is 95.5 Å². The molecule has 1 aliphatic rings. The first-order chi connectivity index (χ1) is 11.0. The van der Waals surface area contributed by atoms with Crippen LogP contribution in [0.2, 0.25) is 0 Å². The third-order valence-electron chi connectivity index (χ3n) is 3.56. The summed E-state index contributed by atoms with van der Waals surface area (Å²) in [6, 6.07) is 13.5. The minimum absolute atomic E-state index is 0.114. The van der Waals surface area contributed by atoms with Crippen molar-refractivity contribution in [2.75, 3.05) is 6.54 Å². The Kier molecular flexibility index (Phi) is 3.76. The molecule has 23 heavy (non-hydrogen) atoms. The van der Waals surface area contributed by atoms with Crippen LogP contribution in [0.4, 0.5) is 5.69 Å². The second-order valence-corrected chi connectivity index (χ2v) is 5.07. The van der Waals surface area contributed by atoms with Gasteiger partial charge in [0.25, 0.3) is 5.69 Å². The molecule has 0 amide bonds. The standard InChI is InChI=1S/C16H12N2O5/c19-17(20)10-16-14-9-13(18(21)22)7-6-12(14)8-15(23-16)11-4-2-1-3-5-11/h1-9,16H,10H2. The van der Waals surface area contributed by atoms with Crippen LogP contribution in [0.15, 0.2) is 48.5 Å². The zero-order chi connectivity index (χ0) is 16.4. The molecule has 7 heteroatoms. The van der Waals surface area contributed by atoms with Crippen LogP contribution in [0.5, 0.6) is 0 Å². The Morgan fingerprint density at radius 1 is 1.04 bits per heavy atom. The van der Waals surface area contributed by atoms with Crippen LogP contribution in [-0.2, 0) is 4.74 Å². The first-order valence-corrected chi connectivity index (χ1v) is 6.88. The van der Waals surface area contributed by atoms with Crippen LogP contribution in [0.25, 0.3) is 11.8 Å². The molecule has 1 heterocycles. The fourth-order valence-corrected chi connectivity index (χ4v) is 2.50. The summed E-state index contributed by atoms with van der Waals surface area (Å²) in [5.41, 5.74) is 1.82. The van der Waals surface area contributed by atoms with Crippen molar-refractivity contribution in [3.63, 3.8) is 0 Å². The maximum absolute atomic E-state index is 10.9. The van der Waals surface area contributed by atoms with E-state index >= 15 is 0 Å². The summed E-state index contributed by atoms with van der Waals surface area (Å²) < 4.78 is 5.74. The van der Waals surface area contributed by atoms with E-state index in [1.807, 2.05) is 30.3 Å². The molecule has 1 atom stereocenters. The van der Waals surface area contributed by atoms with Gasteiger partial charge in [-0.3, -0.25) is 20.2 Å². The van der Waals surface area contributed by atoms with E-state index in [1.54, 1.807) is 12.1 Å². The molecular formula is C16H12N2O5. The van der Waals surface area contributed by atoms with Crippen molar-refractivity contribution >= 4 is 17.5 Å². The number of hydrogen-bond donors (Lipinski definition) is 0. The van der Waals surface area contributed by atoms with Crippen LogP contribution < -0.4 is 0 Å². The van der Waals surface area contributed by atoms with E-state index in [-0.39, 0.29) is 5.69 Å². The van der Waals surface area contributed by atoms with Crippen molar-refractivity contribution in [2.24, 2.45) is 0 Å². The van der Waals surface area contributed by atoms with Gasteiger partial charge in [0.2, 0.25) is 6.54 Å². The maximum Gasteiger partial charge on any atom is 0.269 e. The molecule has 1 unspecified atom stereocenters. The molecule has 2 aromatic rings. The molecule has 0 saturated carbocycles. The first-order valence-electron chi connectivity index (χ1n) is 6.88. The lowest BCUT2D eigenvalue weighted by molar-refractivity contribution is -0.491. The van der Waals surface area contributed by atoms with Crippen molar-refractivity contribution in [3.05, 3.63) is 85.4 Å². The highest BCUT2D eigenvalue weighted by molar-refractivity contribution is 5.80. The minimum Gasteiger partial charge on any atom is -0.478 e. The number of hydrogen-bond acceptors (Lipinski definition) is 5. The maximum atomic E-state index is 10.9. The Balaban J connectivity index is 2.08. The fraction of sp³-hybridized carbons (Fsp3) is 0.125. The summed E-state index contributed by atoms with van der Waals surface area (Å²) in [6.45, 7) is -0.460.